The standard InChI is InChI=1S/C8H15N3O2/c1-12-7-8-13-10-4-6-11-5-2-3-9-11/h2-3,5,10H,4,6-8H2,1H3. The van der Waals surface area contributed by atoms with E-state index < -0.39 is 0 Å². The van der Waals surface area contributed by atoms with Crippen LogP contribution < -0.4 is 5.48 Å². The first-order valence-corrected chi connectivity index (χ1v) is 4.24. The van der Waals surface area contributed by atoms with Crippen LogP contribution in [0.3, 0.4) is 0 Å². The van der Waals surface area contributed by atoms with E-state index in [9.17, 15) is 0 Å². The van der Waals surface area contributed by atoms with Gasteiger partial charge in [0, 0.05) is 26.0 Å². The lowest BCUT2D eigenvalue weighted by atomic mass is 10.6. The maximum atomic E-state index is 5.06. The van der Waals surface area contributed by atoms with Gasteiger partial charge in [0.05, 0.1) is 19.8 Å². The van der Waals surface area contributed by atoms with Crippen molar-refractivity contribution in [2.24, 2.45) is 0 Å². The van der Waals surface area contributed by atoms with Crippen LogP contribution in [0.2, 0.25) is 0 Å². The van der Waals surface area contributed by atoms with Crippen LogP contribution >= 0.6 is 0 Å². The second-order valence-electron chi connectivity index (χ2n) is 2.50. The van der Waals surface area contributed by atoms with Crippen molar-refractivity contribution >= 4 is 0 Å². The van der Waals surface area contributed by atoms with E-state index in [0.29, 0.717) is 13.2 Å². The zero-order chi connectivity index (χ0) is 9.36. The average Bonchev–Trinajstić information content (AvgIpc) is 2.63. The Morgan fingerprint density at radius 1 is 1.46 bits per heavy atom. The van der Waals surface area contributed by atoms with E-state index in [2.05, 4.69) is 10.6 Å². The van der Waals surface area contributed by atoms with Crippen molar-refractivity contribution in [3.05, 3.63) is 18.5 Å². The number of nitrogens with one attached hydrogen (secondary N) is 1. The number of hydrogen-bond acceptors (Lipinski definition) is 4. The van der Waals surface area contributed by atoms with Gasteiger partial charge in [-0.1, -0.05) is 0 Å². The molecule has 0 aromatic carbocycles. The van der Waals surface area contributed by atoms with E-state index >= 15 is 0 Å². The number of hydrogen-bond donors (Lipinski definition) is 1. The molecule has 13 heavy (non-hydrogen) atoms. The van der Waals surface area contributed by atoms with E-state index in [-0.39, 0.29) is 0 Å². The fourth-order valence-electron chi connectivity index (χ4n) is 0.862. The Kier molecular flexibility index (Phi) is 5.16. The highest BCUT2D eigenvalue weighted by Gasteiger charge is 1.89. The number of aromatic nitrogens is 2. The van der Waals surface area contributed by atoms with Gasteiger partial charge in [-0.15, -0.1) is 0 Å². The monoisotopic (exact) mass is 185 g/mol. The second-order valence-corrected chi connectivity index (χ2v) is 2.50. The van der Waals surface area contributed by atoms with Gasteiger partial charge in [-0.05, 0) is 6.07 Å². The van der Waals surface area contributed by atoms with E-state index in [1.165, 1.54) is 0 Å². The Morgan fingerprint density at radius 3 is 3.08 bits per heavy atom. The van der Waals surface area contributed by atoms with Crippen LogP contribution in [-0.4, -0.2) is 36.6 Å². The molecule has 1 aromatic rings. The van der Waals surface area contributed by atoms with Gasteiger partial charge in [0.15, 0.2) is 0 Å². The number of nitrogens with zero attached hydrogens (tertiary/aromatic N) is 2. The third kappa shape index (κ3) is 4.62. The van der Waals surface area contributed by atoms with Crippen molar-refractivity contribution in [2.75, 3.05) is 26.9 Å². The molecule has 0 aliphatic carbocycles. The number of ether oxygens (including phenoxy) is 1. The SMILES string of the molecule is COCCONCCn1cccn1. The molecule has 1 N–H and O–H groups in total. The molecule has 0 saturated heterocycles. The van der Waals surface area contributed by atoms with Gasteiger partial charge in [0.2, 0.25) is 0 Å². The molecule has 5 nitrogen and oxygen atoms in total. The highest BCUT2D eigenvalue weighted by atomic mass is 16.7. The van der Waals surface area contributed by atoms with Gasteiger partial charge in [0.25, 0.3) is 0 Å². The minimum Gasteiger partial charge on any atom is -0.382 e. The molecular formula is C8H15N3O2. The highest BCUT2D eigenvalue weighted by Crippen LogP contribution is 1.82. The lowest BCUT2D eigenvalue weighted by Crippen LogP contribution is -2.22. The summed E-state index contributed by atoms with van der Waals surface area (Å²) in [6.07, 6.45) is 3.67. The average molecular weight is 185 g/mol. The van der Waals surface area contributed by atoms with Crippen molar-refractivity contribution in [3.8, 4) is 0 Å². The predicted octanol–water partition coefficient (Wildman–Crippen LogP) is 0.0507. The van der Waals surface area contributed by atoms with E-state index in [0.717, 1.165) is 13.1 Å². The molecule has 1 rings (SSSR count). The maximum Gasteiger partial charge on any atom is 0.0915 e. The van der Waals surface area contributed by atoms with Crippen molar-refractivity contribution < 1.29 is 9.57 Å². The number of rotatable bonds is 7. The van der Waals surface area contributed by atoms with Crippen LogP contribution in [0.4, 0.5) is 0 Å². The van der Waals surface area contributed by atoms with E-state index in [1.54, 1.807) is 13.3 Å². The highest BCUT2D eigenvalue weighted by molar-refractivity contribution is 4.77. The van der Waals surface area contributed by atoms with Crippen LogP contribution in [-0.2, 0) is 16.1 Å². The van der Waals surface area contributed by atoms with Crippen LogP contribution in [0, 0.1) is 0 Å². The summed E-state index contributed by atoms with van der Waals surface area (Å²) in [4.78, 5) is 5.06. The summed E-state index contributed by atoms with van der Waals surface area (Å²) in [5.74, 6) is 0. The number of hydroxylamine groups is 1. The Hall–Kier alpha value is -0.910. The number of methoxy groups -OCH3 is 1. The lowest BCUT2D eigenvalue weighted by Gasteiger charge is -2.04. The molecule has 5 heteroatoms. The second kappa shape index (κ2) is 6.59. The summed E-state index contributed by atoms with van der Waals surface area (Å²) in [7, 11) is 1.65. The zero-order valence-corrected chi connectivity index (χ0v) is 7.77. The summed E-state index contributed by atoms with van der Waals surface area (Å²) < 4.78 is 6.65. The predicted molar refractivity (Wildman–Crippen MR) is 48.1 cm³/mol. The Bertz CT molecular complexity index is 201. The molecule has 0 spiro atoms. The molecule has 74 valence electrons. The van der Waals surface area contributed by atoms with Gasteiger partial charge in [-0.2, -0.15) is 5.10 Å². The molecule has 0 radical (unpaired) electrons. The van der Waals surface area contributed by atoms with Crippen LogP contribution in [0.5, 0.6) is 0 Å². The molecule has 1 heterocycles. The van der Waals surface area contributed by atoms with Crippen molar-refractivity contribution in [3.63, 3.8) is 0 Å². The van der Waals surface area contributed by atoms with Crippen LogP contribution in [0.15, 0.2) is 18.5 Å². The van der Waals surface area contributed by atoms with Gasteiger partial charge in [0.1, 0.15) is 0 Å². The molecule has 0 atom stereocenters. The topological polar surface area (TPSA) is 48.3 Å². The minimum atomic E-state index is 0.565. The first-order chi connectivity index (χ1) is 6.43. The Balaban J connectivity index is 1.90. The molecule has 1 aromatic heterocycles. The van der Waals surface area contributed by atoms with Gasteiger partial charge in [-0.25, -0.2) is 5.48 Å². The van der Waals surface area contributed by atoms with Crippen molar-refractivity contribution in [2.45, 2.75) is 6.54 Å². The molecule has 0 aliphatic rings. The summed E-state index contributed by atoms with van der Waals surface area (Å²) in [5, 5.41) is 4.05. The summed E-state index contributed by atoms with van der Waals surface area (Å²) in [6.45, 7) is 2.72. The minimum absolute atomic E-state index is 0.565. The normalized spacial score (nSPS) is 10.5. The summed E-state index contributed by atoms with van der Waals surface area (Å²) in [5.41, 5.74) is 2.82. The molecule has 0 unspecified atom stereocenters. The van der Waals surface area contributed by atoms with Gasteiger partial charge >= 0.3 is 0 Å². The third-order valence-corrected chi connectivity index (χ3v) is 1.49. The quantitative estimate of drug-likeness (QED) is 0.481. The van der Waals surface area contributed by atoms with Crippen LogP contribution in [0.1, 0.15) is 0 Å². The van der Waals surface area contributed by atoms with Crippen molar-refractivity contribution in [1.82, 2.24) is 15.3 Å². The molecule has 0 aliphatic heterocycles. The van der Waals surface area contributed by atoms with Gasteiger partial charge < -0.3 is 4.74 Å². The lowest BCUT2D eigenvalue weighted by molar-refractivity contribution is 0.00544. The molecular weight excluding hydrogens is 170 g/mol. The largest absolute Gasteiger partial charge is 0.382 e. The van der Waals surface area contributed by atoms with Crippen molar-refractivity contribution in [1.29, 1.82) is 0 Å². The zero-order valence-electron chi connectivity index (χ0n) is 7.77. The first kappa shape index (κ1) is 10.2. The third-order valence-electron chi connectivity index (χ3n) is 1.49. The van der Waals surface area contributed by atoms with E-state index in [1.807, 2.05) is 16.9 Å². The first-order valence-electron chi connectivity index (χ1n) is 4.24. The summed E-state index contributed by atoms with van der Waals surface area (Å²) >= 11 is 0. The fourth-order valence-corrected chi connectivity index (χ4v) is 0.862. The van der Waals surface area contributed by atoms with Crippen LogP contribution in [0.25, 0.3) is 0 Å². The van der Waals surface area contributed by atoms with Gasteiger partial charge in [-0.3, -0.25) is 9.52 Å². The molecule has 0 amide bonds. The molecule has 0 fully saturated rings. The Labute approximate surface area is 77.6 Å². The molecule has 0 bridgehead atoms. The molecule has 0 saturated carbocycles. The fraction of sp³-hybridized carbons (Fsp3) is 0.625. The smallest absolute Gasteiger partial charge is 0.0915 e. The maximum absolute atomic E-state index is 5.06. The Morgan fingerprint density at radius 2 is 2.38 bits per heavy atom. The van der Waals surface area contributed by atoms with E-state index in [4.69, 9.17) is 9.57 Å². The summed E-state index contributed by atoms with van der Waals surface area (Å²) in [6, 6.07) is 1.89.